The summed E-state index contributed by atoms with van der Waals surface area (Å²) in [5.41, 5.74) is 1.94. The number of unbranched alkanes of at least 4 members (excludes halogenated alkanes) is 1. The average Bonchev–Trinajstić information content (AvgIpc) is 2.76. The van der Waals surface area contributed by atoms with Crippen molar-refractivity contribution in [2.24, 2.45) is 0 Å². The van der Waals surface area contributed by atoms with Crippen LogP contribution in [0.4, 0.5) is 10.1 Å². The zero-order valence-electron chi connectivity index (χ0n) is 19.5. The van der Waals surface area contributed by atoms with Gasteiger partial charge in [0.1, 0.15) is 18.4 Å². The highest BCUT2D eigenvalue weighted by atomic mass is 32.2. The number of nitrogens with zero attached hydrogens (tertiary/aromatic N) is 2. The molecule has 2 amide bonds. The van der Waals surface area contributed by atoms with Crippen molar-refractivity contribution < 1.29 is 22.4 Å². The zero-order valence-corrected chi connectivity index (χ0v) is 20.4. The summed E-state index contributed by atoms with van der Waals surface area (Å²) in [6.07, 6.45) is 2.75. The van der Waals surface area contributed by atoms with Gasteiger partial charge in [-0.15, -0.1) is 0 Å². The van der Waals surface area contributed by atoms with Gasteiger partial charge in [0.2, 0.25) is 21.8 Å². The van der Waals surface area contributed by atoms with Gasteiger partial charge in [0.15, 0.2) is 0 Å². The second-order valence-electron chi connectivity index (χ2n) is 8.07. The molecule has 0 heterocycles. The van der Waals surface area contributed by atoms with Crippen LogP contribution in [0, 0.1) is 12.7 Å². The highest BCUT2D eigenvalue weighted by Gasteiger charge is 2.30. The molecule has 2 rings (SSSR count). The van der Waals surface area contributed by atoms with E-state index < -0.39 is 34.3 Å². The molecule has 0 aliphatic rings. The van der Waals surface area contributed by atoms with Crippen LogP contribution >= 0.6 is 0 Å². The molecule has 0 saturated carbocycles. The fourth-order valence-corrected chi connectivity index (χ4v) is 4.08. The Morgan fingerprint density at radius 3 is 2.21 bits per heavy atom. The first-order valence-corrected chi connectivity index (χ1v) is 12.7. The topological polar surface area (TPSA) is 86.8 Å². The molecule has 0 aliphatic heterocycles. The Bertz CT molecular complexity index is 1040. The van der Waals surface area contributed by atoms with E-state index in [0.29, 0.717) is 17.8 Å². The predicted molar refractivity (Wildman–Crippen MR) is 128 cm³/mol. The van der Waals surface area contributed by atoms with Crippen LogP contribution < -0.4 is 9.62 Å². The molecular weight excluding hydrogens is 445 g/mol. The number of carbonyl (C=O) groups excluding carboxylic acids is 2. The SMILES string of the molecule is CCCCNC(=O)[C@@H](C)N(Cc1ccc(F)cc1)C(=O)CN(c1ccc(C)cc1)S(C)(=O)=O. The monoisotopic (exact) mass is 477 g/mol. The van der Waals surface area contributed by atoms with Crippen LogP contribution in [-0.4, -0.2) is 50.5 Å². The molecule has 0 radical (unpaired) electrons. The number of hydrogen-bond donors (Lipinski definition) is 1. The maximum absolute atomic E-state index is 13.4. The minimum Gasteiger partial charge on any atom is -0.354 e. The van der Waals surface area contributed by atoms with Gasteiger partial charge in [-0.05, 0) is 50.1 Å². The molecule has 9 heteroatoms. The molecule has 2 aromatic rings. The van der Waals surface area contributed by atoms with Crippen LogP contribution in [0.1, 0.15) is 37.8 Å². The fraction of sp³-hybridized carbons (Fsp3) is 0.417. The number of aryl methyl sites for hydroxylation is 1. The second-order valence-corrected chi connectivity index (χ2v) is 9.98. The standard InChI is InChI=1S/C24H32FN3O4S/c1-5-6-15-26-24(30)19(3)27(16-20-9-11-21(25)12-10-20)23(29)17-28(33(4,31)32)22-13-7-18(2)8-14-22/h7-14,19H,5-6,15-17H2,1-4H3,(H,26,30)/t19-/m1/s1. The first kappa shape index (κ1) is 26.3. The number of sulfonamides is 1. The molecular formula is C24H32FN3O4S. The molecule has 0 saturated heterocycles. The van der Waals surface area contributed by atoms with Crippen molar-refractivity contribution in [1.29, 1.82) is 0 Å². The Kier molecular flexibility index (Phi) is 9.40. The fourth-order valence-electron chi connectivity index (χ4n) is 3.23. The summed E-state index contributed by atoms with van der Waals surface area (Å²) in [5, 5.41) is 2.81. The number of halogens is 1. The minimum atomic E-state index is -3.77. The van der Waals surface area contributed by atoms with Gasteiger partial charge in [0, 0.05) is 13.1 Å². The van der Waals surface area contributed by atoms with E-state index in [1.165, 1.54) is 29.2 Å². The van der Waals surface area contributed by atoms with Gasteiger partial charge < -0.3 is 10.2 Å². The van der Waals surface area contributed by atoms with Crippen molar-refractivity contribution in [3.63, 3.8) is 0 Å². The van der Waals surface area contributed by atoms with Crippen LogP contribution in [0.15, 0.2) is 48.5 Å². The summed E-state index contributed by atoms with van der Waals surface area (Å²) < 4.78 is 39.3. The van der Waals surface area contributed by atoms with Crippen molar-refractivity contribution in [3.8, 4) is 0 Å². The van der Waals surface area contributed by atoms with E-state index in [4.69, 9.17) is 0 Å². The average molecular weight is 478 g/mol. The van der Waals surface area contributed by atoms with Crippen molar-refractivity contribution >= 4 is 27.5 Å². The van der Waals surface area contributed by atoms with Crippen molar-refractivity contribution in [2.75, 3.05) is 23.7 Å². The third-order valence-corrected chi connectivity index (χ3v) is 6.40. The van der Waals surface area contributed by atoms with Crippen LogP contribution in [0.5, 0.6) is 0 Å². The molecule has 0 bridgehead atoms. The van der Waals surface area contributed by atoms with Gasteiger partial charge in [-0.3, -0.25) is 13.9 Å². The van der Waals surface area contributed by atoms with Crippen molar-refractivity contribution in [2.45, 2.75) is 46.2 Å². The lowest BCUT2D eigenvalue weighted by atomic mass is 10.1. The van der Waals surface area contributed by atoms with Gasteiger partial charge in [-0.25, -0.2) is 12.8 Å². The highest BCUT2D eigenvalue weighted by Crippen LogP contribution is 2.19. The molecule has 0 aliphatic carbocycles. The van der Waals surface area contributed by atoms with Crippen LogP contribution in [0.3, 0.4) is 0 Å². The van der Waals surface area contributed by atoms with Gasteiger partial charge in [-0.2, -0.15) is 0 Å². The largest absolute Gasteiger partial charge is 0.354 e. The summed E-state index contributed by atoms with van der Waals surface area (Å²) in [7, 11) is -3.77. The third kappa shape index (κ3) is 7.85. The smallest absolute Gasteiger partial charge is 0.244 e. The van der Waals surface area contributed by atoms with Crippen LogP contribution in [0.2, 0.25) is 0 Å². The second kappa shape index (κ2) is 11.8. The lowest BCUT2D eigenvalue weighted by molar-refractivity contribution is -0.139. The number of anilines is 1. The summed E-state index contributed by atoms with van der Waals surface area (Å²) in [6.45, 7) is 5.53. The van der Waals surface area contributed by atoms with Crippen LogP contribution in [0.25, 0.3) is 0 Å². The van der Waals surface area contributed by atoms with Gasteiger partial charge in [0.05, 0.1) is 11.9 Å². The molecule has 2 aromatic carbocycles. The lowest BCUT2D eigenvalue weighted by Gasteiger charge is -2.31. The maximum Gasteiger partial charge on any atom is 0.244 e. The van der Waals surface area contributed by atoms with E-state index in [1.54, 1.807) is 31.2 Å². The number of amides is 2. The van der Waals surface area contributed by atoms with E-state index in [9.17, 15) is 22.4 Å². The zero-order chi connectivity index (χ0) is 24.6. The van der Waals surface area contributed by atoms with Gasteiger partial charge in [0.25, 0.3) is 0 Å². The Labute approximate surface area is 195 Å². The number of benzene rings is 2. The first-order valence-electron chi connectivity index (χ1n) is 10.9. The van der Waals surface area contributed by atoms with Crippen molar-refractivity contribution in [3.05, 3.63) is 65.5 Å². The van der Waals surface area contributed by atoms with E-state index in [0.717, 1.165) is 29.0 Å². The summed E-state index contributed by atoms with van der Waals surface area (Å²) in [6, 6.07) is 11.6. The lowest BCUT2D eigenvalue weighted by Crippen LogP contribution is -2.51. The van der Waals surface area contributed by atoms with E-state index >= 15 is 0 Å². The molecule has 0 spiro atoms. The van der Waals surface area contributed by atoms with Crippen molar-refractivity contribution in [1.82, 2.24) is 10.2 Å². The molecule has 0 fully saturated rings. The molecule has 1 atom stereocenters. The Hall–Kier alpha value is -2.94. The predicted octanol–water partition coefficient (Wildman–Crippen LogP) is 3.23. The molecule has 180 valence electrons. The first-order chi connectivity index (χ1) is 15.5. The number of hydrogen-bond acceptors (Lipinski definition) is 4. The minimum absolute atomic E-state index is 0.0347. The van der Waals surface area contributed by atoms with E-state index in [2.05, 4.69) is 5.32 Å². The molecule has 1 N–H and O–H groups in total. The number of carbonyl (C=O) groups is 2. The Balaban J connectivity index is 2.32. The van der Waals surface area contributed by atoms with E-state index in [-0.39, 0.29) is 12.5 Å². The molecule has 7 nitrogen and oxygen atoms in total. The van der Waals surface area contributed by atoms with E-state index in [1.807, 2.05) is 13.8 Å². The third-order valence-electron chi connectivity index (χ3n) is 5.26. The molecule has 0 aromatic heterocycles. The maximum atomic E-state index is 13.4. The number of nitrogens with one attached hydrogen (secondary N) is 1. The normalized spacial score (nSPS) is 12.2. The highest BCUT2D eigenvalue weighted by molar-refractivity contribution is 7.92. The van der Waals surface area contributed by atoms with Crippen LogP contribution in [-0.2, 0) is 26.2 Å². The van der Waals surface area contributed by atoms with Gasteiger partial charge >= 0.3 is 0 Å². The summed E-state index contributed by atoms with van der Waals surface area (Å²) in [4.78, 5) is 27.4. The Morgan fingerprint density at radius 1 is 1.06 bits per heavy atom. The van der Waals surface area contributed by atoms with Gasteiger partial charge in [-0.1, -0.05) is 43.2 Å². The quantitative estimate of drug-likeness (QED) is 0.504. The molecule has 0 unspecified atom stereocenters. The number of rotatable bonds is 11. The summed E-state index contributed by atoms with van der Waals surface area (Å²) >= 11 is 0. The summed E-state index contributed by atoms with van der Waals surface area (Å²) in [5.74, 6) is -1.28. The Morgan fingerprint density at radius 2 is 1.67 bits per heavy atom. The molecule has 33 heavy (non-hydrogen) atoms.